The van der Waals surface area contributed by atoms with Crippen LogP contribution in [-0.4, -0.2) is 41.1 Å². The van der Waals surface area contributed by atoms with Crippen molar-refractivity contribution in [1.82, 2.24) is 4.98 Å². The zero-order chi connectivity index (χ0) is 29.5. The van der Waals surface area contributed by atoms with E-state index in [2.05, 4.69) is 0 Å². The zero-order valence-corrected chi connectivity index (χ0v) is 24.8. The summed E-state index contributed by atoms with van der Waals surface area (Å²) in [5.41, 5.74) is 3.77. The van der Waals surface area contributed by atoms with Crippen LogP contribution in [0.3, 0.4) is 0 Å². The van der Waals surface area contributed by atoms with Gasteiger partial charge in [0.2, 0.25) is 0 Å². The Labute approximate surface area is 248 Å². The summed E-state index contributed by atoms with van der Waals surface area (Å²) >= 11 is 1.33. The van der Waals surface area contributed by atoms with Crippen molar-refractivity contribution in [1.29, 1.82) is 0 Å². The van der Waals surface area contributed by atoms with Crippen molar-refractivity contribution in [2.45, 2.75) is 52.7 Å². The fourth-order valence-electron chi connectivity index (χ4n) is 5.49. The molecule has 4 aromatic rings. The number of nitrogens with zero attached hydrogens (tertiary/aromatic N) is 2. The van der Waals surface area contributed by atoms with Gasteiger partial charge in [0.1, 0.15) is 17.6 Å². The van der Waals surface area contributed by atoms with Gasteiger partial charge in [-0.1, -0.05) is 30.4 Å². The maximum absolute atomic E-state index is 13.8. The second-order valence-electron chi connectivity index (χ2n) is 10.6. The highest BCUT2D eigenvalue weighted by Gasteiger charge is 2.48. The predicted octanol–water partition coefficient (Wildman–Crippen LogP) is 6.74. The normalized spacial score (nSPS) is 19.3. The van der Waals surface area contributed by atoms with Gasteiger partial charge in [-0.2, -0.15) is 0 Å². The van der Waals surface area contributed by atoms with Crippen LogP contribution >= 0.6 is 11.3 Å². The number of thiazole rings is 1. The van der Waals surface area contributed by atoms with E-state index in [1.165, 1.54) is 16.2 Å². The van der Waals surface area contributed by atoms with Gasteiger partial charge in [0.05, 0.1) is 35.0 Å². The number of aryl methyl sites for hydroxylation is 1. The lowest BCUT2D eigenvalue weighted by Crippen LogP contribution is -2.29. The molecule has 0 bridgehead atoms. The van der Waals surface area contributed by atoms with Crippen LogP contribution in [0.25, 0.3) is 16.0 Å². The molecular weight excluding hydrogens is 552 g/mol. The molecule has 3 heterocycles. The van der Waals surface area contributed by atoms with E-state index in [1.54, 1.807) is 30.3 Å². The van der Waals surface area contributed by atoms with E-state index in [4.69, 9.17) is 19.2 Å². The zero-order valence-electron chi connectivity index (χ0n) is 24.0. The topological polar surface area (TPSA) is 98.2 Å². The molecule has 2 atom stereocenters. The minimum absolute atomic E-state index is 0.00738. The van der Waals surface area contributed by atoms with Crippen LogP contribution in [0.2, 0.25) is 0 Å². The number of ketones is 1. The molecule has 0 unspecified atom stereocenters. The maximum Gasteiger partial charge on any atom is 0.301 e. The van der Waals surface area contributed by atoms with Gasteiger partial charge < -0.3 is 19.3 Å². The molecule has 0 radical (unpaired) electrons. The number of hydrogen-bond donors (Lipinski definition) is 1. The first kappa shape index (κ1) is 27.8. The summed E-state index contributed by atoms with van der Waals surface area (Å²) in [7, 11) is 0. The minimum Gasteiger partial charge on any atom is -0.507 e. The number of fused-ring (bicyclic) bond motifs is 2. The Bertz CT molecular complexity index is 1740. The molecule has 0 saturated carbocycles. The highest BCUT2D eigenvalue weighted by Crippen LogP contribution is 2.46. The fraction of sp³-hybridized carbons (Fsp3) is 0.303. The van der Waals surface area contributed by atoms with E-state index < -0.39 is 17.7 Å². The highest BCUT2D eigenvalue weighted by atomic mass is 32.1. The van der Waals surface area contributed by atoms with Crippen molar-refractivity contribution < 1.29 is 28.9 Å². The molecule has 0 spiro atoms. The van der Waals surface area contributed by atoms with Gasteiger partial charge in [-0.25, -0.2) is 4.98 Å². The molecule has 2 aliphatic heterocycles. The summed E-state index contributed by atoms with van der Waals surface area (Å²) in [5.74, 6) is 0.0524. The van der Waals surface area contributed by atoms with Gasteiger partial charge in [-0.15, -0.1) is 0 Å². The average Bonchev–Trinajstić information content (AvgIpc) is 3.63. The van der Waals surface area contributed by atoms with E-state index in [9.17, 15) is 14.7 Å². The molecule has 1 fully saturated rings. The number of amides is 1. The van der Waals surface area contributed by atoms with Gasteiger partial charge in [-0.05, 0) is 86.3 Å². The smallest absolute Gasteiger partial charge is 0.301 e. The Kier molecular flexibility index (Phi) is 7.36. The number of hydrogen-bond acceptors (Lipinski definition) is 8. The molecule has 0 aliphatic carbocycles. The largest absolute Gasteiger partial charge is 0.507 e. The number of carbonyl (C=O) groups excluding carboxylic acids is 2. The van der Waals surface area contributed by atoms with Crippen LogP contribution in [-0.2, 0) is 16.0 Å². The lowest BCUT2D eigenvalue weighted by atomic mass is 9.94. The molecule has 9 heteroatoms. The van der Waals surface area contributed by atoms with E-state index in [-0.39, 0.29) is 17.4 Å². The van der Waals surface area contributed by atoms with Crippen LogP contribution in [0.4, 0.5) is 5.13 Å². The van der Waals surface area contributed by atoms with Crippen molar-refractivity contribution in [2.24, 2.45) is 0 Å². The van der Waals surface area contributed by atoms with Crippen LogP contribution in [0.15, 0.2) is 60.2 Å². The number of benzene rings is 3. The van der Waals surface area contributed by atoms with E-state index in [0.717, 1.165) is 33.5 Å². The third kappa shape index (κ3) is 4.87. The molecule has 8 nitrogen and oxygen atoms in total. The summed E-state index contributed by atoms with van der Waals surface area (Å²) in [6.07, 6.45) is 1.54. The SMILES string of the molecule is CCCOc1ccc([C@H]2C(=C(O)c3ccc4c(c3)C[C@H](C)O4)C(=O)C(=O)N2c2nc3ccc(C)cc3s2)cc1OCC. The Morgan fingerprint density at radius 1 is 1.07 bits per heavy atom. The maximum atomic E-state index is 13.8. The second-order valence-corrected chi connectivity index (χ2v) is 11.6. The second kappa shape index (κ2) is 11.1. The quantitative estimate of drug-likeness (QED) is 0.139. The van der Waals surface area contributed by atoms with E-state index in [0.29, 0.717) is 47.4 Å². The number of aromatic nitrogens is 1. The van der Waals surface area contributed by atoms with E-state index >= 15 is 0 Å². The number of rotatable bonds is 8. The molecule has 1 amide bonds. The molecule has 216 valence electrons. The van der Waals surface area contributed by atoms with Crippen LogP contribution in [0, 0.1) is 6.92 Å². The lowest BCUT2D eigenvalue weighted by Gasteiger charge is -2.24. The summed E-state index contributed by atoms with van der Waals surface area (Å²) in [5, 5.41) is 12.1. The van der Waals surface area contributed by atoms with Gasteiger partial charge in [0.15, 0.2) is 16.6 Å². The van der Waals surface area contributed by atoms with Crippen LogP contribution < -0.4 is 19.1 Å². The number of ether oxygens (including phenoxy) is 3. The number of carbonyl (C=O) groups is 2. The summed E-state index contributed by atoms with van der Waals surface area (Å²) in [6.45, 7) is 8.79. The van der Waals surface area contributed by atoms with Crippen molar-refractivity contribution in [2.75, 3.05) is 18.1 Å². The van der Waals surface area contributed by atoms with Crippen molar-refractivity contribution >= 4 is 44.1 Å². The third-order valence-corrected chi connectivity index (χ3v) is 8.42. The predicted molar refractivity (Wildman–Crippen MR) is 163 cm³/mol. The Morgan fingerprint density at radius 3 is 2.69 bits per heavy atom. The summed E-state index contributed by atoms with van der Waals surface area (Å²) in [4.78, 5) is 33.6. The molecule has 1 saturated heterocycles. The van der Waals surface area contributed by atoms with E-state index in [1.807, 2.05) is 52.0 Å². The standard InChI is InChI=1S/C33H32N2O6S/c1-5-13-40-25-12-8-20(17-26(25)39-6-2)29-28(30(36)21-9-11-24-22(16-21)15-19(4)41-24)31(37)32(38)35(29)33-34-23-10-7-18(3)14-27(23)42-33/h7-12,14,16-17,19,29,36H,5-6,13,15H2,1-4H3/t19-,29-/m0/s1. The van der Waals surface area contributed by atoms with Crippen LogP contribution in [0.1, 0.15) is 55.5 Å². The van der Waals surface area contributed by atoms with Crippen LogP contribution in [0.5, 0.6) is 17.2 Å². The monoisotopic (exact) mass is 584 g/mol. The Morgan fingerprint density at radius 2 is 1.90 bits per heavy atom. The van der Waals surface area contributed by atoms with Gasteiger partial charge in [-0.3, -0.25) is 14.5 Å². The first-order chi connectivity index (χ1) is 20.3. The van der Waals surface area contributed by atoms with Crippen molar-refractivity contribution in [3.63, 3.8) is 0 Å². The third-order valence-electron chi connectivity index (χ3n) is 7.40. The Hall–Kier alpha value is -4.37. The summed E-state index contributed by atoms with van der Waals surface area (Å²) in [6, 6.07) is 15.6. The van der Waals surface area contributed by atoms with Gasteiger partial charge in [0, 0.05) is 12.0 Å². The number of anilines is 1. The van der Waals surface area contributed by atoms with Crippen molar-refractivity contribution in [3.05, 3.63) is 82.4 Å². The molecular formula is C33H32N2O6S. The fourth-order valence-corrected chi connectivity index (χ4v) is 6.58. The van der Waals surface area contributed by atoms with Gasteiger partial charge >= 0.3 is 5.91 Å². The number of aliphatic hydroxyl groups excluding tert-OH is 1. The minimum atomic E-state index is -0.936. The number of aliphatic hydroxyl groups is 1. The molecule has 1 N–H and O–H groups in total. The molecule has 1 aromatic heterocycles. The number of Topliss-reactive ketones (excluding diaryl/α,β-unsaturated/α-hetero) is 1. The summed E-state index contributed by atoms with van der Waals surface area (Å²) < 4.78 is 18.5. The highest BCUT2D eigenvalue weighted by molar-refractivity contribution is 7.22. The average molecular weight is 585 g/mol. The first-order valence-corrected chi connectivity index (χ1v) is 15.0. The first-order valence-electron chi connectivity index (χ1n) is 14.2. The molecule has 6 rings (SSSR count). The van der Waals surface area contributed by atoms with Gasteiger partial charge in [0.25, 0.3) is 5.78 Å². The molecule has 3 aromatic carbocycles. The lowest BCUT2D eigenvalue weighted by molar-refractivity contribution is -0.132. The van der Waals surface area contributed by atoms with Crippen molar-refractivity contribution in [3.8, 4) is 17.2 Å². The molecule has 42 heavy (non-hydrogen) atoms. The molecule has 2 aliphatic rings. The Balaban J connectivity index is 1.53.